The molecule has 2 aromatic carbocycles. The normalized spacial score (nSPS) is 19.9. The monoisotopic (exact) mass is 443 g/mol. The van der Waals surface area contributed by atoms with E-state index in [-0.39, 0.29) is 17.2 Å². The number of nitrogens with one attached hydrogen (secondary N) is 1. The van der Waals surface area contributed by atoms with Crippen molar-refractivity contribution in [3.8, 4) is 0 Å². The van der Waals surface area contributed by atoms with Gasteiger partial charge in [0.1, 0.15) is 5.82 Å². The quantitative estimate of drug-likeness (QED) is 0.663. The van der Waals surface area contributed by atoms with Crippen LogP contribution in [0.25, 0.3) is 0 Å². The van der Waals surface area contributed by atoms with Crippen LogP contribution in [0.4, 0.5) is 5.69 Å². The van der Waals surface area contributed by atoms with Crippen molar-refractivity contribution in [3.05, 3.63) is 76.9 Å². The topological polar surface area (TPSA) is 80.1 Å². The summed E-state index contributed by atoms with van der Waals surface area (Å²) in [7, 11) is 0. The minimum absolute atomic E-state index is 0.0579. The molecule has 0 unspecified atom stereocenters. The van der Waals surface area contributed by atoms with E-state index in [1.54, 1.807) is 0 Å². The molecule has 0 saturated carbocycles. The molecule has 0 bridgehead atoms. The van der Waals surface area contributed by atoms with Gasteiger partial charge in [-0.25, -0.2) is 0 Å². The smallest absolute Gasteiger partial charge is 0.293 e. The summed E-state index contributed by atoms with van der Waals surface area (Å²) in [5.74, 6) is 1.08. The fourth-order valence-corrected chi connectivity index (χ4v) is 5.28. The van der Waals surface area contributed by atoms with Crippen molar-refractivity contribution in [2.75, 3.05) is 18.4 Å². The average Bonchev–Trinajstić information content (AvgIpc) is 3.36. The summed E-state index contributed by atoms with van der Waals surface area (Å²) in [5.41, 5.74) is 3.79. The number of aromatic nitrogens is 3. The summed E-state index contributed by atoms with van der Waals surface area (Å²) in [6.07, 6.45) is 3.59. The Morgan fingerprint density at radius 1 is 0.939 bits per heavy atom. The Morgan fingerprint density at radius 3 is 2.42 bits per heavy atom. The van der Waals surface area contributed by atoms with Crippen LogP contribution in [-0.4, -0.2) is 44.6 Å². The number of benzene rings is 2. The molecule has 0 radical (unpaired) electrons. The molecule has 2 aliphatic heterocycles. The van der Waals surface area contributed by atoms with Crippen LogP contribution >= 0.6 is 0 Å². The number of aryl methyl sites for hydroxylation is 3. The van der Waals surface area contributed by atoms with Crippen LogP contribution in [0.5, 0.6) is 0 Å². The zero-order chi connectivity index (χ0) is 23.0. The highest BCUT2D eigenvalue weighted by molar-refractivity contribution is 6.01. The number of likely N-dealkylation sites (tertiary alicyclic amines) is 1. The second kappa shape index (κ2) is 8.46. The summed E-state index contributed by atoms with van der Waals surface area (Å²) in [4.78, 5) is 28.0. The Balaban J connectivity index is 1.29. The average molecular weight is 444 g/mol. The molecule has 1 spiro atoms. The number of hydrogen-bond acceptors (Lipinski definition) is 4. The molecule has 5 rings (SSSR count). The molecule has 1 N–H and O–H groups in total. The van der Waals surface area contributed by atoms with Crippen LogP contribution < -0.4 is 5.32 Å². The number of carbonyl (C=O) groups is 2. The van der Waals surface area contributed by atoms with Crippen molar-refractivity contribution in [1.82, 2.24) is 19.7 Å². The van der Waals surface area contributed by atoms with Gasteiger partial charge in [0, 0.05) is 37.3 Å². The molecule has 2 amide bonds. The lowest BCUT2D eigenvalue weighted by atomic mass is 9.80. The van der Waals surface area contributed by atoms with Gasteiger partial charge in [0.05, 0.1) is 0 Å². The van der Waals surface area contributed by atoms with Crippen LogP contribution in [-0.2, 0) is 13.0 Å². The maximum absolute atomic E-state index is 13.2. The first-order chi connectivity index (χ1) is 15.9. The fraction of sp³-hybridized carbons (Fsp3) is 0.385. The molecule has 7 nitrogen and oxygen atoms in total. The molecule has 33 heavy (non-hydrogen) atoms. The third-order valence-corrected chi connectivity index (χ3v) is 7.00. The van der Waals surface area contributed by atoms with Crippen molar-refractivity contribution >= 4 is 17.5 Å². The van der Waals surface area contributed by atoms with Gasteiger partial charge in [0.2, 0.25) is 5.82 Å². The van der Waals surface area contributed by atoms with E-state index >= 15 is 0 Å². The molecule has 0 aliphatic carbocycles. The summed E-state index contributed by atoms with van der Waals surface area (Å²) in [6.45, 7) is 6.27. The maximum atomic E-state index is 13.2. The maximum Gasteiger partial charge on any atom is 0.293 e. The van der Waals surface area contributed by atoms with Gasteiger partial charge in [0.25, 0.3) is 11.8 Å². The van der Waals surface area contributed by atoms with E-state index in [1.165, 1.54) is 0 Å². The number of nitrogens with zero attached hydrogens (tertiary/aromatic N) is 4. The predicted octanol–water partition coefficient (Wildman–Crippen LogP) is 4.02. The van der Waals surface area contributed by atoms with Crippen molar-refractivity contribution in [1.29, 1.82) is 0 Å². The second-order valence-electron chi connectivity index (χ2n) is 9.51. The summed E-state index contributed by atoms with van der Waals surface area (Å²) in [6, 6.07) is 15.4. The van der Waals surface area contributed by atoms with Crippen LogP contribution in [0.1, 0.15) is 57.2 Å². The first-order valence-corrected chi connectivity index (χ1v) is 11.6. The number of amides is 2. The fourth-order valence-electron chi connectivity index (χ4n) is 5.28. The van der Waals surface area contributed by atoms with E-state index in [0.29, 0.717) is 12.4 Å². The third-order valence-electron chi connectivity index (χ3n) is 7.00. The van der Waals surface area contributed by atoms with Gasteiger partial charge in [0.15, 0.2) is 0 Å². The van der Waals surface area contributed by atoms with Gasteiger partial charge in [-0.15, -0.1) is 10.2 Å². The minimum atomic E-state index is -0.242. The van der Waals surface area contributed by atoms with Gasteiger partial charge < -0.3 is 14.8 Å². The van der Waals surface area contributed by atoms with E-state index in [0.717, 1.165) is 67.0 Å². The SMILES string of the molecule is Cc1cc(C)cc(C(=O)N2CC[C@]3(CCc4nnc(C(=O)Nc5ccccc5)n4CC3)C2)c1. The molecule has 1 saturated heterocycles. The van der Waals surface area contributed by atoms with Crippen molar-refractivity contribution in [2.24, 2.45) is 5.41 Å². The summed E-state index contributed by atoms with van der Waals surface area (Å²) >= 11 is 0. The number of rotatable bonds is 3. The summed E-state index contributed by atoms with van der Waals surface area (Å²) in [5, 5.41) is 11.4. The van der Waals surface area contributed by atoms with E-state index in [1.807, 2.05) is 65.8 Å². The largest absolute Gasteiger partial charge is 0.338 e. The zero-order valence-electron chi connectivity index (χ0n) is 19.2. The number of fused-ring (bicyclic) bond motifs is 1. The second-order valence-corrected chi connectivity index (χ2v) is 9.51. The first-order valence-electron chi connectivity index (χ1n) is 11.6. The highest BCUT2D eigenvalue weighted by Crippen LogP contribution is 2.41. The van der Waals surface area contributed by atoms with Gasteiger partial charge in [-0.05, 0) is 62.8 Å². The Morgan fingerprint density at radius 2 is 1.67 bits per heavy atom. The van der Waals surface area contributed by atoms with Gasteiger partial charge in [-0.1, -0.05) is 35.4 Å². The molecule has 3 aromatic rings. The van der Waals surface area contributed by atoms with E-state index < -0.39 is 0 Å². The lowest BCUT2D eigenvalue weighted by Crippen LogP contribution is -2.32. The van der Waals surface area contributed by atoms with Gasteiger partial charge >= 0.3 is 0 Å². The first kappa shape index (κ1) is 21.4. The number of hydrogen-bond donors (Lipinski definition) is 1. The number of para-hydroxylation sites is 1. The molecule has 3 heterocycles. The Labute approximate surface area is 193 Å². The predicted molar refractivity (Wildman–Crippen MR) is 126 cm³/mol. The summed E-state index contributed by atoms with van der Waals surface area (Å²) < 4.78 is 1.96. The standard InChI is InChI=1S/C26H29N5O2/c1-18-14-19(2)16-20(15-18)25(33)30-12-10-26(17-30)9-8-22-28-29-23(31(22)13-11-26)24(32)27-21-6-4-3-5-7-21/h3-7,14-16H,8-13,17H2,1-2H3,(H,27,32)/t26-/m0/s1. The molecule has 2 aliphatic rings. The molecule has 7 heteroatoms. The van der Waals surface area contributed by atoms with E-state index in [9.17, 15) is 9.59 Å². The van der Waals surface area contributed by atoms with Gasteiger partial charge in [-0.2, -0.15) is 0 Å². The molecule has 1 atom stereocenters. The van der Waals surface area contributed by atoms with Gasteiger partial charge in [-0.3, -0.25) is 9.59 Å². The minimum Gasteiger partial charge on any atom is -0.338 e. The number of anilines is 1. The third kappa shape index (κ3) is 4.27. The van der Waals surface area contributed by atoms with Crippen LogP contribution in [0.3, 0.4) is 0 Å². The Kier molecular flexibility index (Phi) is 5.48. The number of carbonyl (C=O) groups excluding carboxylic acids is 2. The van der Waals surface area contributed by atoms with E-state index in [2.05, 4.69) is 21.6 Å². The van der Waals surface area contributed by atoms with Crippen molar-refractivity contribution < 1.29 is 9.59 Å². The highest BCUT2D eigenvalue weighted by atomic mass is 16.2. The zero-order valence-corrected chi connectivity index (χ0v) is 19.2. The van der Waals surface area contributed by atoms with Crippen LogP contribution in [0, 0.1) is 19.3 Å². The molecule has 1 aromatic heterocycles. The van der Waals surface area contributed by atoms with Crippen molar-refractivity contribution in [3.63, 3.8) is 0 Å². The van der Waals surface area contributed by atoms with E-state index in [4.69, 9.17) is 0 Å². The Bertz CT molecular complexity index is 1180. The Hall–Kier alpha value is -3.48. The molecular formula is C26H29N5O2. The lowest BCUT2D eigenvalue weighted by Gasteiger charge is -2.27. The highest BCUT2D eigenvalue weighted by Gasteiger charge is 2.41. The lowest BCUT2D eigenvalue weighted by molar-refractivity contribution is 0.0767. The molecule has 170 valence electrons. The van der Waals surface area contributed by atoms with Crippen molar-refractivity contribution in [2.45, 2.75) is 46.1 Å². The van der Waals surface area contributed by atoms with Crippen LogP contribution in [0.2, 0.25) is 0 Å². The molecular weight excluding hydrogens is 414 g/mol. The van der Waals surface area contributed by atoms with Crippen LogP contribution in [0.15, 0.2) is 48.5 Å². The molecule has 1 fully saturated rings.